The number of carbonyl (C=O) groups excluding carboxylic acids is 1. The summed E-state index contributed by atoms with van der Waals surface area (Å²) in [5.74, 6) is 0.140. The van der Waals surface area contributed by atoms with Gasteiger partial charge in [-0.25, -0.2) is 4.79 Å². The van der Waals surface area contributed by atoms with Gasteiger partial charge in [0, 0.05) is 11.1 Å². The summed E-state index contributed by atoms with van der Waals surface area (Å²) in [4.78, 5) is 11.3. The number of ether oxygens (including phenoxy) is 2. The van der Waals surface area contributed by atoms with E-state index in [2.05, 4.69) is 0 Å². The first-order valence-corrected chi connectivity index (χ1v) is 4.21. The third-order valence-electron chi connectivity index (χ3n) is 2.35. The Hall–Kier alpha value is -1.71. The largest absolute Gasteiger partial charge is 0.508 e. The van der Waals surface area contributed by atoms with Crippen molar-refractivity contribution in [1.82, 2.24) is 0 Å². The van der Waals surface area contributed by atoms with E-state index in [0.717, 1.165) is 0 Å². The summed E-state index contributed by atoms with van der Waals surface area (Å²) >= 11 is 0. The summed E-state index contributed by atoms with van der Waals surface area (Å²) in [6, 6.07) is 1.54. The number of aromatic hydroxyl groups is 1. The minimum Gasteiger partial charge on any atom is -0.508 e. The lowest BCUT2D eigenvalue weighted by molar-refractivity contribution is 0.0533. The predicted octanol–water partition coefficient (Wildman–Crippen LogP) is 1.38. The predicted molar refractivity (Wildman–Crippen MR) is 48.5 cm³/mol. The lowest BCUT2D eigenvalue weighted by Gasteiger charge is -2.09. The first kappa shape index (κ1) is 8.87. The third kappa shape index (κ3) is 1.04. The quantitative estimate of drug-likeness (QED) is 0.686. The molecule has 1 aromatic carbocycles. The number of carbonyl (C=O) groups is 1. The van der Waals surface area contributed by atoms with Crippen molar-refractivity contribution < 1.29 is 19.4 Å². The second-order valence-corrected chi connectivity index (χ2v) is 3.16. The molecule has 1 aliphatic rings. The van der Waals surface area contributed by atoms with E-state index >= 15 is 0 Å². The van der Waals surface area contributed by atoms with Crippen molar-refractivity contribution in [3.8, 4) is 11.5 Å². The molecule has 2 rings (SSSR count). The highest BCUT2D eigenvalue weighted by molar-refractivity contribution is 5.97. The molecule has 0 aliphatic carbocycles. The molecular weight excluding hydrogens is 184 g/mol. The molecule has 14 heavy (non-hydrogen) atoms. The molecule has 0 atom stereocenters. The molecule has 1 N–H and O–H groups in total. The Morgan fingerprint density at radius 2 is 2.29 bits per heavy atom. The number of fused-ring (bicyclic) bond motifs is 1. The van der Waals surface area contributed by atoms with Gasteiger partial charge in [0.25, 0.3) is 0 Å². The molecule has 4 nitrogen and oxygen atoms in total. The molecule has 1 aliphatic heterocycles. The molecule has 4 heteroatoms. The minimum atomic E-state index is -0.389. The highest BCUT2D eigenvalue weighted by Gasteiger charge is 2.28. The maximum Gasteiger partial charge on any atom is 0.342 e. The van der Waals surface area contributed by atoms with Gasteiger partial charge in [-0.1, -0.05) is 0 Å². The molecule has 0 amide bonds. The van der Waals surface area contributed by atoms with E-state index in [4.69, 9.17) is 9.47 Å². The van der Waals surface area contributed by atoms with Crippen molar-refractivity contribution in [3.05, 3.63) is 22.8 Å². The Morgan fingerprint density at radius 3 is 2.93 bits per heavy atom. The fraction of sp³-hybridized carbons (Fsp3) is 0.300. The average Bonchev–Trinajstić information content (AvgIpc) is 2.50. The molecule has 0 radical (unpaired) electrons. The van der Waals surface area contributed by atoms with Crippen LogP contribution < -0.4 is 4.74 Å². The SMILES string of the molecule is COc1c(C)c(O)cc2c1C(=O)OC2. The zero-order chi connectivity index (χ0) is 10.3. The van der Waals surface area contributed by atoms with Gasteiger partial charge in [0.1, 0.15) is 23.7 Å². The van der Waals surface area contributed by atoms with Gasteiger partial charge in [0.2, 0.25) is 0 Å². The summed E-state index contributed by atoms with van der Waals surface area (Å²) in [6.45, 7) is 1.90. The Morgan fingerprint density at radius 1 is 1.57 bits per heavy atom. The van der Waals surface area contributed by atoms with Crippen LogP contribution in [0.2, 0.25) is 0 Å². The van der Waals surface area contributed by atoms with E-state index in [1.54, 1.807) is 6.92 Å². The van der Waals surface area contributed by atoms with E-state index in [1.165, 1.54) is 13.2 Å². The number of hydrogen-bond donors (Lipinski definition) is 1. The average molecular weight is 194 g/mol. The number of phenols is 1. The number of hydrogen-bond acceptors (Lipinski definition) is 4. The number of rotatable bonds is 1. The van der Waals surface area contributed by atoms with Crippen molar-refractivity contribution in [2.24, 2.45) is 0 Å². The first-order valence-electron chi connectivity index (χ1n) is 4.21. The molecule has 0 saturated carbocycles. The van der Waals surface area contributed by atoms with Crippen molar-refractivity contribution in [2.75, 3.05) is 7.11 Å². The first-order chi connectivity index (χ1) is 6.65. The second kappa shape index (κ2) is 2.90. The maximum atomic E-state index is 11.3. The van der Waals surface area contributed by atoms with E-state index in [-0.39, 0.29) is 18.3 Å². The molecule has 74 valence electrons. The van der Waals surface area contributed by atoms with Gasteiger partial charge in [0.15, 0.2) is 0 Å². The third-order valence-corrected chi connectivity index (χ3v) is 2.35. The molecule has 0 saturated heterocycles. The highest BCUT2D eigenvalue weighted by atomic mass is 16.5. The molecule has 0 aromatic heterocycles. The molecule has 0 fully saturated rings. The fourth-order valence-electron chi connectivity index (χ4n) is 1.60. The van der Waals surface area contributed by atoms with Crippen LogP contribution in [-0.4, -0.2) is 18.2 Å². The second-order valence-electron chi connectivity index (χ2n) is 3.16. The Balaban J connectivity index is 2.73. The van der Waals surface area contributed by atoms with Crippen molar-refractivity contribution in [2.45, 2.75) is 13.5 Å². The van der Waals surface area contributed by atoms with Gasteiger partial charge < -0.3 is 14.6 Å². The molecule has 1 aromatic rings. The van der Waals surface area contributed by atoms with Gasteiger partial charge in [-0.05, 0) is 13.0 Å². The van der Waals surface area contributed by atoms with E-state index in [1.807, 2.05) is 0 Å². The molecule has 0 spiro atoms. The van der Waals surface area contributed by atoms with Crippen LogP contribution in [-0.2, 0) is 11.3 Å². The Bertz CT molecular complexity index is 409. The number of cyclic esters (lactones) is 1. The highest BCUT2D eigenvalue weighted by Crippen LogP contribution is 2.37. The van der Waals surface area contributed by atoms with Crippen LogP contribution in [0.15, 0.2) is 6.07 Å². The van der Waals surface area contributed by atoms with Crippen LogP contribution in [0.1, 0.15) is 21.5 Å². The van der Waals surface area contributed by atoms with Crippen LogP contribution in [0.3, 0.4) is 0 Å². The van der Waals surface area contributed by atoms with E-state index in [0.29, 0.717) is 22.4 Å². The maximum absolute atomic E-state index is 11.3. The molecule has 1 heterocycles. The minimum absolute atomic E-state index is 0.124. The van der Waals surface area contributed by atoms with Gasteiger partial charge in [0.05, 0.1) is 7.11 Å². The normalized spacial score (nSPS) is 13.7. The summed E-state index contributed by atoms with van der Waals surface area (Å²) in [6.07, 6.45) is 0. The smallest absolute Gasteiger partial charge is 0.342 e. The molecule has 0 bridgehead atoms. The number of phenolic OH excluding ortho intramolecular Hbond substituents is 1. The van der Waals surface area contributed by atoms with Gasteiger partial charge >= 0.3 is 5.97 Å². The zero-order valence-corrected chi connectivity index (χ0v) is 7.96. The van der Waals surface area contributed by atoms with Crippen molar-refractivity contribution >= 4 is 5.97 Å². The van der Waals surface area contributed by atoms with Crippen LogP contribution >= 0.6 is 0 Å². The number of methoxy groups -OCH3 is 1. The van der Waals surface area contributed by atoms with Crippen LogP contribution in [0.5, 0.6) is 11.5 Å². The van der Waals surface area contributed by atoms with E-state index < -0.39 is 0 Å². The van der Waals surface area contributed by atoms with Crippen molar-refractivity contribution in [3.63, 3.8) is 0 Å². The Kier molecular flexibility index (Phi) is 1.84. The van der Waals surface area contributed by atoms with Crippen LogP contribution in [0.4, 0.5) is 0 Å². The summed E-state index contributed by atoms with van der Waals surface area (Å²) in [5, 5.41) is 9.53. The lowest BCUT2D eigenvalue weighted by atomic mass is 10.0. The number of esters is 1. The van der Waals surface area contributed by atoms with Gasteiger partial charge in [-0.15, -0.1) is 0 Å². The number of benzene rings is 1. The molecule has 0 unspecified atom stereocenters. The Labute approximate surface area is 81.1 Å². The summed E-state index contributed by atoms with van der Waals surface area (Å²) in [7, 11) is 1.47. The zero-order valence-electron chi connectivity index (χ0n) is 7.96. The molecular formula is C10H10O4. The topological polar surface area (TPSA) is 55.8 Å². The summed E-state index contributed by atoms with van der Waals surface area (Å²) < 4.78 is 9.92. The summed E-state index contributed by atoms with van der Waals surface area (Å²) in [5.41, 5.74) is 1.67. The van der Waals surface area contributed by atoms with Crippen LogP contribution in [0, 0.1) is 6.92 Å². The van der Waals surface area contributed by atoms with Crippen LogP contribution in [0.25, 0.3) is 0 Å². The standard InChI is InChI=1S/C10H10O4/c1-5-7(11)3-6-4-14-10(12)8(6)9(5)13-2/h3,11H,4H2,1-2H3. The fourth-order valence-corrected chi connectivity index (χ4v) is 1.60. The van der Waals surface area contributed by atoms with E-state index in [9.17, 15) is 9.90 Å². The van der Waals surface area contributed by atoms with Crippen molar-refractivity contribution in [1.29, 1.82) is 0 Å². The monoisotopic (exact) mass is 194 g/mol. The van der Waals surface area contributed by atoms with Gasteiger partial charge in [-0.3, -0.25) is 0 Å². The van der Waals surface area contributed by atoms with Gasteiger partial charge in [-0.2, -0.15) is 0 Å². The lowest BCUT2D eigenvalue weighted by Crippen LogP contribution is -2.00.